The highest BCUT2D eigenvalue weighted by Crippen LogP contribution is 2.15. The number of rotatable bonds is 5. The average Bonchev–Trinajstić information content (AvgIpc) is 2.44. The molecule has 0 bridgehead atoms. The van der Waals surface area contributed by atoms with Gasteiger partial charge in [-0.2, -0.15) is 0 Å². The summed E-state index contributed by atoms with van der Waals surface area (Å²) in [5.41, 5.74) is 12.8. The Bertz CT molecular complexity index is 554. The van der Waals surface area contributed by atoms with Crippen LogP contribution in [0, 0.1) is 0 Å². The predicted molar refractivity (Wildman–Crippen MR) is 92.1 cm³/mol. The third-order valence-corrected chi connectivity index (χ3v) is 2.59. The fraction of sp³-hybridized carbons (Fsp3) is 0.133. The Labute approximate surface area is 135 Å². The number of ether oxygens (including phenoxy) is 1. The van der Waals surface area contributed by atoms with Gasteiger partial charge in [-0.25, -0.2) is 4.99 Å². The van der Waals surface area contributed by atoms with Gasteiger partial charge in [0.1, 0.15) is 12.4 Å². The summed E-state index contributed by atoms with van der Waals surface area (Å²) < 4.78 is 5.73. The second-order valence-corrected chi connectivity index (χ2v) is 4.16. The minimum atomic E-state index is 0. The van der Waals surface area contributed by atoms with Gasteiger partial charge in [-0.05, 0) is 23.3 Å². The van der Waals surface area contributed by atoms with E-state index in [2.05, 4.69) is 4.99 Å². The molecule has 0 unspecified atom stereocenters. The summed E-state index contributed by atoms with van der Waals surface area (Å²) in [4.78, 5) is 3.97. The molecule has 2 aromatic carbocycles. The summed E-state index contributed by atoms with van der Waals surface area (Å²) in [6, 6.07) is 17.8. The van der Waals surface area contributed by atoms with Gasteiger partial charge < -0.3 is 16.2 Å². The van der Waals surface area contributed by atoms with E-state index in [0.717, 1.165) is 16.9 Å². The standard InChI is InChI=1S/C15H17N3O.HI/c16-15(17)18-10-13-7-4-8-14(9-13)19-11-12-5-2-1-3-6-12;/h1-9H,10-11H2,(H4,16,17,18);1H. The van der Waals surface area contributed by atoms with E-state index < -0.39 is 0 Å². The van der Waals surface area contributed by atoms with Crippen molar-refractivity contribution >= 4 is 29.9 Å². The van der Waals surface area contributed by atoms with Crippen LogP contribution in [0.25, 0.3) is 0 Å². The van der Waals surface area contributed by atoms with Crippen molar-refractivity contribution < 1.29 is 4.74 Å². The molecular weight excluding hydrogens is 365 g/mol. The molecule has 0 fully saturated rings. The highest BCUT2D eigenvalue weighted by molar-refractivity contribution is 14.0. The number of benzene rings is 2. The second kappa shape index (κ2) is 8.42. The maximum atomic E-state index is 5.73. The number of nitrogens with two attached hydrogens (primary N) is 2. The van der Waals surface area contributed by atoms with E-state index in [1.54, 1.807) is 0 Å². The maximum Gasteiger partial charge on any atom is 0.186 e. The van der Waals surface area contributed by atoms with Crippen molar-refractivity contribution in [3.63, 3.8) is 0 Å². The van der Waals surface area contributed by atoms with Gasteiger partial charge in [0.05, 0.1) is 6.54 Å². The number of hydrogen-bond acceptors (Lipinski definition) is 2. The summed E-state index contributed by atoms with van der Waals surface area (Å²) in [5, 5.41) is 0. The van der Waals surface area contributed by atoms with E-state index in [1.807, 2.05) is 54.6 Å². The predicted octanol–water partition coefficient (Wildman–Crippen LogP) is 2.66. The van der Waals surface area contributed by atoms with Gasteiger partial charge in [0, 0.05) is 0 Å². The van der Waals surface area contributed by atoms with Crippen LogP contribution in [0.1, 0.15) is 11.1 Å². The van der Waals surface area contributed by atoms with Crippen LogP contribution >= 0.6 is 24.0 Å². The summed E-state index contributed by atoms with van der Waals surface area (Å²) in [7, 11) is 0. The Morgan fingerprint density at radius 1 is 0.950 bits per heavy atom. The van der Waals surface area contributed by atoms with Crippen molar-refractivity contribution in [2.24, 2.45) is 16.5 Å². The molecule has 0 radical (unpaired) electrons. The monoisotopic (exact) mass is 383 g/mol. The molecule has 0 saturated heterocycles. The Morgan fingerprint density at radius 3 is 2.35 bits per heavy atom. The van der Waals surface area contributed by atoms with Crippen LogP contribution < -0.4 is 16.2 Å². The van der Waals surface area contributed by atoms with Crippen molar-refractivity contribution in [2.75, 3.05) is 0 Å². The molecule has 106 valence electrons. The smallest absolute Gasteiger partial charge is 0.186 e. The highest BCUT2D eigenvalue weighted by Gasteiger charge is 1.98. The van der Waals surface area contributed by atoms with Crippen LogP contribution in [0.15, 0.2) is 59.6 Å². The Morgan fingerprint density at radius 2 is 1.65 bits per heavy atom. The molecule has 0 aliphatic carbocycles. The fourth-order valence-electron chi connectivity index (χ4n) is 1.66. The number of guanidine groups is 1. The molecule has 0 aliphatic heterocycles. The van der Waals surface area contributed by atoms with Gasteiger partial charge in [0.15, 0.2) is 5.96 Å². The van der Waals surface area contributed by atoms with Crippen molar-refractivity contribution in [1.29, 1.82) is 0 Å². The van der Waals surface area contributed by atoms with Crippen LogP contribution in [0.3, 0.4) is 0 Å². The van der Waals surface area contributed by atoms with E-state index >= 15 is 0 Å². The zero-order valence-corrected chi connectivity index (χ0v) is 13.4. The molecule has 0 atom stereocenters. The molecule has 2 aromatic rings. The van der Waals surface area contributed by atoms with E-state index in [0.29, 0.717) is 13.2 Å². The molecule has 0 heterocycles. The quantitative estimate of drug-likeness (QED) is 0.474. The lowest BCUT2D eigenvalue weighted by atomic mass is 10.2. The first-order chi connectivity index (χ1) is 9.24. The van der Waals surface area contributed by atoms with Crippen molar-refractivity contribution in [3.05, 3.63) is 65.7 Å². The number of aliphatic imine (C=N–C) groups is 1. The molecule has 4 nitrogen and oxygen atoms in total. The Hall–Kier alpha value is -1.76. The topological polar surface area (TPSA) is 73.6 Å². The molecule has 0 aliphatic rings. The molecular formula is C15H18IN3O. The summed E-state index contributed by atoms with van der Waals surface area (Å²) in [5.74, 6) is 0.905. The summed E-state index contributed by atoms with van der Waals surface area (Å²) >= 11 is 0. The van der Waals surface area contributed by atoms with Gasteiger partial charge in [-0.3, -0.25) is 0 Å². The molecule has 2 rings (SSSR count). The first kappa shape index (κ1) is 16.3. The van der Waals surface area contributed by atoms with Gasteiger partial charge in [-0.1, -0.05) is 42.5 Å². The van der Waals surface area contributed by atoms with Crippen LogP contribution in [-0.4, -0.2) is 5.96 Å². The highest BCUT2D eigenvalue weighted by atomic mass is 127. The van der Waals surface area contributed by atoms with Crippen molar-refractivity contribution in [1.82, 2.24) is 0 Å². The fourth-order valence-corrected chi connectivity index (χ4v) is 1.66. The van der Waals surface area contributed by atoms with E-state index in [-0.39, 0.29) is 29.9 Å². The van der Waals surface area contributed by atoms with E-state index in [9.17, 15) is 0 Å². The minimum Gasteiger partial charge on any atom is -0.489 e. The molecule has 4 N–H and O–H groups in total. The van der Waals surface area contributed by atoms with E-state index in [4.69, 9.17) is 16.2 Å². The van der Waals surface area contributed by atoms with Crippen LogP contribution in [-0.2, 0) is 13.2 Å². The van der Waals surface area contributed by atoms with Crippen LogP contribution in [0.5, 0.6) is 5.75 Å². The van der Waals surface area contributed by atoms with Crippen LogP contribution in [0.4, 0.5) is 0 Å². The SMILES string of the molecule is I.NC(N)=NCc1cccc(OCc2ccccc2)c1. The number of halogens is 1. The summed E-state index contributed by atoms with van der Waals surface area (Å²) in [6.07, 6.45) is 0. The lowest BCUT2D eigenvalue weighted by Crippen LogP contribution is -2.22. The average molecular weight is 383 g/mol. The first-order valence-corrected chi connectivity index (χ1v) is 6.05. The zero-order chi connectivity index (χ0) is 13.5. The first-order valence-electron chi connectivity index (χ1n) is 6.05. The van der Waals surface area contributed by atoms with Gasteiger partial charge in [-0.15, -0.1) is 24.0 Å². The molecule has 0 aromatic heterocycles. The largest absolute Gasteiger partial charge is 0.489 e. The van der Waals surface area contributed by atoms with E-state index in [1.165, 1.54) is 0 Å². The second-order valence-electron chi connectivity index (χ2n) is 4.16. The zero-order valence-electron chi connectivity index (χ0n) is 11.0. The normalized spacial score (nSPS) is 9.40. The minimum absolute atomic E-state index is 0. The molecule has 0 spiro atoms. The summed E-state index contributed by atoms with van der Waals surface area (Å²) in [6.45, 7) is 1.01. The third-order valence-electron chi connectivity index (χ3n) is 2.59. The maximum absolute atomic E-state index is 5.73. The molecule has 0 amide bonds. The van der Waals surface area contributed by atoms with Gasteiger partial charge in [0.25, 0.3) is 0 Å². The van der Waals surface area contributed by atoms with Gasteiger partial charge >= 0.3 is 0 Å². The number of hydrogen-bond donors (Lipinski definition) is 2. The lowest BCUT2D eigenvalue weighted by molar-refractivity contribution is 0.306. The van der Waals surface area contributed by atoms with Crippen molar-refractivity contribution in [2.45, 2.75) is 13.2 Å². The van der Waals surface area contributed by atoms with Crippen molar-refractivity contribution in [3.8, 4) is 5.75 Å². The molecule has 0 saturated carbocycles. The molecule has 5 heteroatoms. The molecule has 20 heavy (non-hydrogen) atoms. The Kier molecular flexibility index (Phi) is 6.86. The van der Waals surface area contributed by atoms with Gasteiger partial charge in [0.2, 0.25) is 0 Å². The van der Waals surface area contributed by atoms with Crippen LogP contribution in [0.2, 0.25) is 0 Å². The Balaban J connectivity index is 0.00000200. The number of nitrogens with zero attached hydrogens (tertiary/aromatic N) is 1. The lowest BCUT2D eigenvalue weighted by Gasteiger charge is -2.07. The third kappa shape index (κ3) is 5.48.